The maximum Gasteiger partial charge on any atom is 0.472 e. The number of ether oxygens (including phenoxy) is 4. The summed E-state index contributed by atoms with van der Waals surface area (Å²) in [6.45, 7) is 9.60. The summed E-state index contributed by atoms with van der Waals surface area (Å²) in [5.74, 6) is -0.575. The molecule has 0 radical (unpaired) electrons. The predicted octanol–water partition coefficient (Wildman–Crippen LogP) is 23.5. The zero-order chi connectivity index (χ0) is 72.1. The second-order valence-electron chi connectivity index (χ2n) is 29.2. The van der Waals surface area contributed by atoms with Gasteiger partial charge in [-0.05, 0) is 37.5 Å². The van der Waals surface area contributed by atoms with E-state index in [2.05, 4.69) is 41.5 Å². The number of phosphoric ester groups is 2. The van der Waals surface area contributed by atoms with Crippen LogP contribution < -0.4 is 0 Å². The van der Waals surface area contributed by atoms with Gasteiger partial charge in [-0.15, -0.1) is 0 Å². The molecule has 0 saturated heterocycles. The highest BCUT2D eigenvalue weighted by molar-refractivity contribution is 7.47. The summed E-state index contributed by atoms with van der Waals surface area (Å²) in [4.78, 5) is 72.9. The van der Waals surface area contributed by atoms with Crippen LogP contribution in [0.4, 0.5) is 0 Å². The summed E-state index contributed by atoms with van der Waals surface area (Å²) in [6.07, 6.45) is 59.7. The number of aliphatic hydroxyl groups is 1. The van der Waals surface area contributed by atoms with Gasteiger partial charge in [0.05, 0.1) is 26.4 Å². The largest absolute Gasteiger partial charge is 0.472 e. The molecule has 3 unspecified atom stereocenters. The molecule has 0 aliphatic carbocycles. The van der Waals surface area contributed by atoms with E-state index in [1.54, 1.807) is 0 Å². The first-order valence-corrected chi connectivity index (χ1v) is 44.0. The molecule has 0 rings (SSSR count). The lowest BCUT2D eigenvalue weighted by atomic mass is 10.00. The fourth-order valence-electron chi connectivity index (χ4n) is 12.2. The van der Waals surface area contributed by atoms with Crippen molar-refractivity contribution in [1.29, 1.82) is 0 Å². The lowest BCUT2D eigenvalue weighted by Crippen LogP contribution is -2.30. The number of hydrogen-bond donors (Lipinski definition) is 3. The summed E-state index contributed by atoms with van der Waals surface area (Å²) in [6, 6.07) is 0. The molecule has 0 aromatic rings. The lowest BCUT2D eigenvalue weighted by molar-refractivity contribution is -0.161. The molecular formula is C79H154O17P2. The second-order valence-corrected chi connectivity index (χ2v) is 32.1. The SMILES string of the molecule is CCCCCCCCCCCCCCCCCCCCCC(=O)O[C@H](COC(=O)CCCCCCCCCCCCCCCCCC(C)C)COP(=O)(O)OC[C@@H](O)COP(=O)(O)OC[C@@H](COC(=O)CCCCCCCCC(C)CC)OC(=O)CCCCCCCCCCCCC. The summed E-state index contributed by atoms with van der Waals surface area (Å²) >= 11 is 0. The van der Waals surface area contributed by atoms with E-state index in [-0.39, 0.29) is 25.7 Å². The van der Waals surface area contributed by atoms with Gasteiger partial charge in [0.1, 0.15) is 19.3 Å². The summed E-state index contributed by atoms with van der Waals surface area (Å²) in [7, 11) is -9.91. The molecule has 0 bridgehead atoms. The van der Waals surface area contributed by atoms with Crippen molar-refractivity contribution >= 4 is 39.5 Å². The molecule has 0 fully saturated rings. The van der Waals surface area contributed by atoms with Crippen LogP contribution in [-0.2, 0) is 65.4 Å². The van der Waals surface area contributed by atoms with Crippen LogP contribution in [0.3, 0.4) is 0 Å². The van der Waals surface area contributed by atoms with Crippen LogP contribution in [0, 0.1) is 11.8 Å². The fourth-order valence-corrected chi connectivity index (χ4v) is 13.7. The number of hydrogen-bond acceptors (Lipinski definition) is 15. The average molecular weight is 1440 g/mol. The van der Waals surface area contributed by atoms with Gasteiger partial charge < -0.3 is 33.8 Å². The smallest absolute Gasteiger partial charge is 0.462 e. The first kappa shape index (κ1) is 96.1. The molecule has 3 N–H and O–H groups in total. The van der Waals surface area contributed by atoms with Gasteiger partial charge >= 0.3 is 39.5 Å². The molecule has 0 aromatic heterocycles. The molecule has 98 heavy (non-hydrogen) atoms. The molecular weight excluding hydrogens is 1280 g/mol. The van der Waals surface area contributed by atoms with Crippen molar-refractivity contribution in [3.05, 3.63) is 0 Å². The van der Waals surface area contributed by atoms with Crippen molar-refractivity contribution in [3.63, 3.8) is 0 Å². The van der Waals surface area contributed by atoms with E-state index >= 15 is 0 Å². The van der Waals surface area contributed by atoms with E-state index < -0.39 is 97.5 Å². The van der Waals surface area contributed by atoms with Gasteiger partial charge in [-0.2, -0.15) is 0 Å². The molecule has 0 aliphatic rings. The first-order chi connectivity index (χ1) is 47.4. The van der Waals surface area contributed by atoms with Crippen molar-refractivity contribution in [2.45, 2.75) is 432 Å². The maximum atomic E-state index is 13.1. The van der Waals surface area contributed by atoms with E-state index in [0.29, 0.717) is 25.7 Å². The molecule has 17 nitrogen and oxygen atoms in total. The first-order valence-electron chi connectivity index (χ1n) is 41.0. The molecule has 6 atom stereocenters. The molecule has 0 spiro atoms. The molecule has 0 aliphatic heterocycles. The Morgan fingerprint density at radius 3 is 0.776 bits per heavy atom. The van der Waals surface area contributed by atoms with E-state index in [4.69, 9.17) is 37.0 Å². The Bertz CT molecular complexity index is 1890. The van der Waals surface area contributed by atoms with E-state index in [1.165, 1.54) is 225 Å². The Hall–Kier alpha value is -1.94. The van der Waals surface area contributed by atoms with Gasteiger partial charge in [0, 0.05) is 25.7 Å². The third-order valence-corrected chi connectivity index (χ3v) is 20.7. The number of rotatable bonds is 78. The normalized spacial score (nSPS) is 14.2. The van der Waals surface area contributed by atoms with Crippen LogP contribution in [0.5, 0.6) is 0 Å². The van der Waals surface area contributed by atoms with Crippen molar-refractivity contribution in [1.82, 2.24) is 0 Å². The van der Waals surface area contributed by atoms with Crippen LogP contribution in [-0.4, -0.2) is 96.7 Å². The van der Waals surface area contributed by atoms with Gasteiger partial charge in [0.25, 0.3) is 0 Å². The van der Waals surface area contributed by atoms with Crippen LogP contribution in [0.1, 0.15) is 414 Å². The highest BCUT2D eigenvalue weighted by Gasteiger charge is 2.30. The van der Waals surface area contributed by atoms with Gasteiger partial charge in [0.15, 0.2) is 12.2 Å². The molecule has 0 aromatic carbocycles. The van der Waals surface area contributed by atoms with E-state index in [1.807, 2.05) is 0 Å². The Labute approximate surface area is 600 Å². The van der Waals surface area contributed by atoms with Crippen LogP contribution in [0.15, 0.2) is 0 Å². The Morgan fingerprint density at radius 2 is 0.520 bits per heavy atom. The van der Waals surface area contributed by atoms with Crippen LogP contribution >= 0.6 is 15.6 Å². The Morgan fingerprint density at radius 1 is 0.296 bits per heavy atom. The molecule has 0 heterocycles. The molecule has 0 saturated carbocycles. The van der Waals surface area contributed by atoms with Gasteiger partial charge in [0.2, 0.25) is 0 Å². The summed E-state index contributed by atoms with van der Waals surface area (Å²) in [5.41, 5.74) is 0. The highest BCUT2D eigenvalue weighted by atomic mass is 31.2. The number of esters is 4. The minimum Gasteiger partial charge on any atom is -0.462 e. The van der Waals surface area contributed by atoms with Gasteiger partial charge in [-0.25, -0.2) is 9.13 Å². The molecule has 0 amide bonds. The van der Waals surface area contributed by atoms with Crippen molar-refractivity contribution in [2.24, 2.45) is 11.8 Å². The number of carbonyl (C=O) groups is 4. The second kappa shape index (κ2) is 70.7. The van der Waals surface area contributed by atoms with Gasteiger partial charge in [-0.1, -0.05) is 363 Å². The Balaban J connectivity index is 5.22. The van der Waals surface area contributed by atoms with Crippen LogP contribution in [0.25, 0.3) is 0 Å². The quantitative estimate of drug-likeness (QED) is 0.0222. The molecule has 19 heteroatoms. The Kier molecular flexibility index (Phi) is 69.3. The number of phosphoric acid groups is 2. The van der Waals surface area contributed by atoms with Crippen molar-refractivity contribution < 1.29 is 80.2 Å². The number of carbonyl (C=O) groups excluding carboxylic acids is 4. The zero-order valence-electron chi connectivity index (χ0n) is 64.1. The van der Waals surface area contributed by atoms with E-state index in [9.17, 15) is 43.2 Å². The van der Waals surface area contributed by atoms with Crippen molar-refractivity contribution in [2.75, 3.05) is 39.6 Å². The number of unbranched alkanes of at least 4 members (excludes halogenated alkanes) is 47. The lowest BCUT2D eigenvalue weighted by Gasteiger charge is -2.21. The standard InChI is InChI=1S/C79H154O17P2/c1-7-10-12-14-16-18-20-21-22-23-24-25-28-32-36-40-44-52-58-64-79(84)95-74(67-89-76(81)61-55-49-42-38-35-31-29-26-27-30-34-37-41-47-53-59-71(4)5)69-93-97(85,86)91-65-73(80)66-92-98(87,88)94-70-75(68-90-77(82)62-56-50-46-45-48-54-60-72(6)9-3)96-78(83)63-57-51-43-39-33-19-17-15-13-11-8-2/h71-75,80H,7-70H2,1-6H3,(H,85,86)(H,87,88)/t72?,73-,74-,75-/m1/s1. The fraction of sp³-hybridized carbons (Fsp3) is 0.949. The predicted molar refractivity (Wildman–Crippen MR) is 400 cm³/mol. The summed E-state index contributed by atoms with van der Waals surface area (Å²) in [5, 5.41) is 10.6. The summed E-state index contributed by atoms with van der Waals surface area (Å²) < 4.78 is 68.6. The van der Waals surface area contributed by atoms with Crippen LogP contribution in [0.2, 0.25) is 0 Å². The maximum absolute atomic E-state index is 13.1. The minimum atomic E-state index is -4.96. The van der Waals surface area contributed by atoms with E-state index in [0.717, 1.165) is 108 Å². The molecule has 582 valence electrons. The number of aliphatic hydroxyl groups excluding tert-OH is 1. The third-order valence-electron chi connectivity index (χ3n) is 18.8. The zero-order valence-corrected chi connectivity index (χ0v) is 65.9. The highest BCUT2D eigenvalue weighted by Crippen LogP contribution is 2.45. The minimum absolute atomic E-state index is 0.106. The average Bonchev–Trinajstić information content (AvgIpc) is 0.935. The topological polar surface area (TPSA) is 237 Å². The van der Waals surface area contributed by atoms with Crippen molar-refractivity contribution in [3.8, 4) is 0 Å². The monoisotopic (exact) mass is 1440 g/mol. The van der Waals surface area contributed by atoms with Gasteiger partial charge in [-0.3, -0.25) is 37.3 Å². The third kappa shape index (κ3) is 71.1.